The third-order valence-corrected chi connectivity index (χ3v) is 4.20. The number of thiazole rings is 1. The largest absolute Gasteiger partial charge is 0.388 e. The van der Waals surface area contributed by atoms with Gasteiger partial charge >= 0.3 is 6.03 Å². The zero-order chi connectivity index (χ0) is 14.5. The van der Waals surface area contributed by atoms with Crippen LogP contribution in [-0.2, 0) is 0 Å². The fourth-order valence-corrected chi connectivity index (χ4v) is 2.19. The quantitative estimate of drug-likeness (QED) is 0.751. The fraction of sp³-hybridized carbons (Fsp3) is 0.692. The molecule has 19 heavy (non-hydrogen) atoms. The number of aliphatic hydroxyl groups is 1. The van der Waals surface area contributed by atoms with E-state index in [0.717, 1.165) is 11.4 Å². The Bertz CT molecular complexity index is 391. The number of aromatic nitrogens is 1. The van der Waals surface area contributed by atoms with Gasteiger partial charge in [0.2, 0.25) is 0 Å². The summed E-state index contributed by atoms with van der Waals surface area (Å²) in [5.74, 6) is 0.0775. The molecule has 0 bridgehead atoms. The maximum atomic E-state index is 11.8. The van der Waals surface area contributed by atoms with Crippen LogP contribution in [0.1, 0.15) is 45.2 Å². The highest BCUT2D eigenvalue weighted by Gasteiger charge is 2.25. The van der Waals surface area contributed by atoms with Gasteiger partial charge in [-0.05, 0) is 19.3 Å². The summed E-state index contributed by atoms with van der Waals surface area (Å²) in [6.07, 6.45) is 2.51. The van der Waals surface area contributed by atoms with E-state index in [1.54, 1.807) is 13.1 Å². The Morgan fingerprint density at radius 1 is 1.58 bits per heavy atom. The van der Waals surface area contributed by atoms with Gasteiger partial charge in [-0.3, -0.25) is 0 Å². The molecule has 1 rings (SSSR count). The number of carbonyl (C=O) groups excluding carboxylic acids is 1. The molecule has 2 unspecified atom stereocenters. The first-order chi connectivity index (χ1) is 8.86. The van der Waals surface area contributed by atoms with E-state index in [2.05, 4.69) is 15.6 Å². The molecule has 1 heterocycles. The van der Waals surface area contributed by atoms with Crippen LogP contribution < -0.4 is 10.6 Å². The van der Waals surface area contributed by atoms with Crippen LogP contribution in [0.15, 0.2) is 11.6 Å². The Morgan fingerprint density at radius 3 is 2.74 bits per heavy atom. The summed E-state index contributed by atoms with van der Waals surface area (Å²) in [5.41, 5.74) is -0.903. The standard InChI is InChI=1S/C13H23N3O2S/c1-5-10(11-14-6-7-19-11)16-12(17)15-8-13(4,18)9(2)3/h6-7,9-10,18H,5,8H2,1-4H3,(H2,15,16,17). The summed E-state index contributed by atoms with van der Waals surface area (Å²) in [6.45, 7) is 7.78. The minimum atomic E-state index is -0.903. The lowest BCUT2D eigenvalue weighted by atomic mass is 9.93. The summed E-state index contributed by atoms with van der Waals surface area (Å²) in [7, 11) is 0. The Hall–Kier alpha value is -1.14. The summed E-state index contributed by atoms with van der Waals surface area (Å²) in [4.78, 5) is 16.0. The molecule has 0 aliphatic heterocycles. The third kappa shape index (κ3) is 4.80. The zero-order valence-electron chi connectivity index (χ0n) is 11.9. The molecule has 108 valence electrons. The maximum absolute atomic E-state index is 11.8. The van der Waals surface area contributed by atoms with Crippen molar-refractivity contribution in [3.8, 4) is 0 Å². The van der Waals surface area contributed by atoms with Gasteiger partial charge in [-0.15, -0.1) is 11.3 Å². The molecule has 2 amide bonds. The second-order valence-corrected chi connectivity index (χ2v) is 6.10. The molecular weight excluding hydrogens is 262 g/mol. The van der Waals surface area contributed by atoms with Crippen LogP contribution in [0.5, 0.6) is 0 Å². The van der Waals surface area contributed by atoms with E-state index in [1.807, 2.05) is 26.2 Å². The first kappa shape index (κ1) is 15.9. The summed E-state index contributed by atoms with van der Waals surface area (Å²) in [5, 5.41) is 18.4. The Labute approximate surface area is 118 Å². The number of hydrogen-bond donors (Lipinski definition) is 3. The fourth-order valence-electron chi connectivity index (χ4n) is 1.42. The number of nitrogens with one attached hydrogen (secondary N) is 2. The van der Waals surface area contributed by atoms with Crippen LogP contribution in [0.25, 0.3) is 0 Å². The number of nitrogens with zero attached hydrogens (tertiary/aromatic N) is 1. The van der Waals surface area contributed by atoms with Crippen molar-refractivity contribution in [3.05, 3.63) is 16.6 Å². The molecule has 0 aliphatic rings. The lowest BCUT2D eigenvalue weighted by Crippen LogP contribution is -2.48. The van der Waals surface area contributed by atoms with Crippen LogP contribution >= 0.6 is 11.3 Å². The predicted octanol–water partition coefficient (Wildman–Crippen LogP) is 2.30. The van der Waals surface area contributed by atoms with Crippen LogP contribution in [0.4, 0.5) is 4.79 Å². The molecule has 1 aromatic heterocycles. The van der Waals surface area contributed by atoms with Gasteiger partial charge in [0.25, 0.3) is 0 Å². The van der Waals surface area contributed by atoms with Crippen LogP contribution in [-0.4, -0.2) is 28.3 Å². The lowest BCUT2D eigenvalue weighted by molar-refractivity contribution is 0.0165. The van der Waals surface area contributed by atoms with Gasteiger partial charge in [-0.25, -0.2) is 9.78 Å². The van der Waals surface area contributed by atoms with Crippen molar-refractivity contribution in [3.63, 3.8) is 0 Å². The Balaban J connectivity index is 2.47. The number of urea groups is 1. The first-order valence-corrected chi connectivity index (χ1v) is 7.41. The average molecular weight is 285 g/mol. The van der Waals surface area contributed by atoms with Gasteiger partial charge in [0, 0.05) is 18.1 Å². The van der Waals surface area contributed by atoms with Gasteiger partial charge in [0.1, 0.15) is 5.01 Å². The molecule has 0 fully saturated rings. The summed E-state index contributed by atoms with van der Waals surface area (Å²) >= 11 is 1.52. The molecule has 5 nitrogen and oxygen atoms in total. The van der Waals surface area contributed by atoms with Crippen LogP contribution in [0, 0.1) is 5.92 Å². The molecule has 0 aromatic carbocycles. The maximum Gasteiger partial charge on any atom is 0.315 e. The molecule has 3 N–H and O–H groups in total. The number of amides is 2. The molecule has 6 heteroatoms. The second kappa shape index (κ2) is 6.86. The van der Waals surface area contributed by atoms with E-state index in [0.29, 0.717) is 0 Å². The van der Waals surface area contributed by atoms with Crippen LogP contribution in [0.3, 0.4) is 0 Å². The van der Waals surface area contributed by atoms with Crippen molar-refractivity contribution in [1.82, 2.24) is 15.6 Å². The van der Waals surface area contributed by atoms with Crippen molar-refractivity contribution in [2.45, 2.75) is 45.8 Å². The van der Waals surface area contributed by atoms with Crippen molar-refractivity contribution in [1.29, 1.82) is 0 Å². The third-order valence-electron chi connectivity index (χ3n) is 3.31. The second-order valence-electron chi connectivity index (χ2n) is 5.17. The number of hydrogen-bond acceptors (Lipinski definition) is 4. The monoisotopic (exact) mass is 285 g/mol. The normalized spacial score (nSPS) is 15.9. The summed E-state index contributed by atoms with van der Waals surface area (Å²) in [6, 6.07) is -0.355. The van der Waals surface area contributed by atoms with Crippen molar-refractivity contribution < 1.29 is 9.90 Å². The van der Waals surface area contributed by atoms with Crippen LogP contribution in [0.2, 0.25) is 0 Å². The minimum Gasteiger partial charge on any atom is -0.388 e. The molecule has 1 aromatic rings. The van der Waals surface area contributed by atoms with Crippen molar-refractivity contribution >= 4 is 17.4 Å². The van der Waals surface area contributed by atoms with Gasteiger partial charge in [0.05, 0.1) is 11.6 Å². The summed E-state index contributed by atoms with van der Waals surface area (Å²) < 4.78 is 0. The van der Waals surface area contributed by atoms with E-state index >= 15 is 0 Å². The molecule has 0 aliphatic carbocycles. The van der Waals surface area contributed by atoms with E-state index in [1.165, 1.54) is 11.3 Å². The SMILES string of the molecule is CCC(NC(=O)NCC(C)(O)C(C)C)c1nccs1. The average Bonchev–Trinajstić information content (AvgIpc) is 2.87. The molecule has 2 atom stereocenters. The molecule has 0 radical (unpaired) electrons. The highest BCUT2D eigenvalue weighted by molar-refractivity contribution is 7.09. The smallest absolute Gasteiger partial charge is 0.315 e. The van der Waals surface area contributed by atoms with Gasteiger partial charge in [0.15, 0.2) is 0 Å². The zero-order valence-corrected chi connectivity index (χ0v) is 12.8. The first-order valence-electron chi connectivity index (χ1n) is 6.53. The van der Waals surface area contributed by atoms with E-state index in [-0.39, 0.29) is 24.5 Å². The Morgan fingerprint density at radius 2 is 2.26 bits per heavy atom. The highest BCUT2D eigenvalue weighted by Crippen LogP contribution is 2.18. The number of rotatable bonds is 6. The van der Waals surface area contributed by atoms with E-state index in [4.69, 9.17) is 0 Å². The van der Waals surface area contributed by atoms with Gasteiger partial charge in [-0.1, -0.05) is 20.8 Å². The Kier molecular flexibility index (Phi) is 5.75. The van der Waals surface area contributed by atoms with E-state index in [9.17, 15) is 9.90 Å². The topological polar surface area (TPSA) is 74.2 Å². The number of carbonyl (C=O) groups is 1. The minimum absolute atomic E-state index is 0.0775. The van der Waals surface area contributed by atoms with E-state index < -0.39 is 5.60 Å². The molecule has 0 saturated carbocycles. The molecule has 0 spiro atoms. The van der Waals surface area contributed by atoms with Crippen molar-refractivity contribution in [2.24, 2.45) is 5.92 Å². The van der Waals surface area contributed by atoms with Crippen molar-refractivity contribution in [2.75, 3.05) is 6.54 Å². The van der Waals surface area contributed by atoms with Gasteiger partial charge in [-0.2, -0.15) is 0 Å². The molecular formula is C13H23N3O2S. The highest BCUT2D eigenvalue weighted by atomic mass is 32.1. The van der Waals surface area contributed by atoms with Gasteiger partial charge < -0.3 is 15.7 Å². The lowest BCUT2D eigenvalue weighted by Gasteiger charge is -2.28. The predicted molar refractivity (Wildman–Crippen MR) is 77.1 cm³/mol. The molecule has 0 saturated heterocycles.